The van der Waals surface area contributed by atoms with Crippen LogP contribution in [0.1, 0.15) is 47.8 Å². The van der Waals surface area contributed by atoms with Crippen molar-refractivity contribution in [3.8, 4) is 0 Å². The topological polar surface area (TPSA) is 110 Å². The Balaban J connectivity index is 1.52. The van der Waals surface area contributed by atoms with Crippen molar-refractivity contribution in [2.45, 2.75) is 37.2 Å². The van der Waals surface area contributed by atoms with Crippen molar-refractivity contribution in [1.29, 1.82) is 0 Å². The number of aryl methyl sites for hydroxylation is 1. The Morgan fingerprint density at radius 1 is 1.34 bits per heavy atom. The number of nitrogens with zero attached hydrogens (tertiary/aromatic N) is 2. The van der Waals surface area contributed by atoms with Crippen LogP contribution in [0, 0.1) is 17.7 Å². The van der Waals surface area contributed by atoms with E-state index in [2.05, 4.69) is 10.3 Å². The second-order valence-corrected chi connectivity index (χ2v) is 8.57. The van der Waals surface area contributed by atoms with Crippen LogP contribution in [0.4, 0.5) is 10.1 Å². The molecule has 154 valence electrons. The number of primary amides is 1. The molecule has 2 aliphatic carbocycles. The third kappa shape index (κ3) is 3.51. The molecule has 0 saturated heterocycles. The number of amides is 2. The van der Waals surface area contributed by atoms with Crippen LogP contribution in [-0.2, 0) is 11.8 Å². The molecule has 2 unspecified atom stereocenters. The van der Waals surface area contributed by atoms with Gasteiger partial charge in [-0.05, 0) is 55.7 Å². The number of benzene rings is 1. The maximum Gasteiger partial charge on any atom is 0.274 e. The van der Waals surface area contributed by atoms with E-state index in [0.29, 0.717) is 29.9 Å². The lowest BCUT2D eigenvalue weighted by Gasteiger charge is -2.20. The number of hydrogen-bond acceptors (Lipinski definition) is 4. The lowest BCUT2D eigenvalue weighted by molar-refractivity contribution is -0.136. The average molecular weight is 421 g/mol. The van der Waals surface area contributed by atoms with Gasteiger partial charge in [-0.3, -0.25) is 9.59 Å². The molecule has 1 heterocycles. The highest BCUT2D eigenvalue weighted by molar-refractivity contribution is 6.31. The molecule has 2 amide bonds. The quantitative estimate of drug-likeness (QED) is 0.705. The molecule has 0 radical (unpaired) electrons. The molecule has 0 bridgehead atoms. The second kappa shape index (κ2) is 7.11. The first-order valence-corrected chi connectivity index (χ1v) is 9.85. The van der Waals surface area contributed by atoms with Crippen LogP contribution in [0.25, 0.3) is 0 Å². The van der Waals surface area contributed by atoms with E-state index in [-0.39, 0.29) is 28.7 Å². The highest BCUT2D eigenvalue weighted by Gasteiger charge is 2.52. The lowest BCUT2D eigenvalue weighted by atomic mass is 9.92. The molecule has 9 heteroatoms. The first-order chi connectivity index (χ1) is 13.7. The minimum Gasteiger partial charge on any atom is -0.380 e. The average Bonchev–Trinajstić information content (AvgIpc) is 3.29. The van der Waals surface area contributed by atoms with Crippen LogP contribution < -0.4 is 11.1 Å². The first kappa shape index (κ1) is 19.8. The van der Waals surface area contributed by atoms with Crippen molar-refractivity contribution >= 4 is 29.1 Å². The molecule has 4 N–H and O–H groups in total. The predicted molar refractivity (Wildman–Crippen MR) is 105 cm³/mol. The second-order valence-electron chi connectivity index (χ2n) is 8.16. The number of anilines is 1. The van der Waals surface area contributed by atoms with Gasteiger partial charge in [0.25, 0.3) is 5.91 Å². The van der Waals surface area contributed by atoms with E-state index >= 15 is 0 Å². The number of hydrogen-bond donors (Lipinski definition) is 3. The van der Waals surface area contributed by atoms with Gasteiger partial charge in [0.2, 0.25) is 5.91 Å². The molecule has 4 rings (SSSR count). The third-order valence-electron chi connectivity index (χ3n) is 6.24. The molecule has 2 saturated carbocycles. The lowest BCUT2D eigenvalue weighted by Crippen LogP contribution is -2.42. The fourth-order valence-corrected chi connectivity index (χ4v) is 5.06. The van der Waals surface area contributed by atoms with Crippen LogP contribution in [0.3, 0.4) is 0 Å². The zero-order valence-electron chi connectivity index (χ0n) is 15.9. The van der Waals surface area contributed by atoms with Crippen LogP contribution in [-0.4, -0.2) is 32.1 Å². The summed E-state index contributed by atoms with van der Waals surface area (Å²) in [5.74, 6) is -1.18. The van der Waals surface area contributed by atoms with Gasteiger partial charge in [0.1, 0.15) is 17.1 Å². The maximum absolute atomic E-state index is 13.4. The number of aliphatic hydroxyl groups is 1. The summed E-state index contributed by atoms with van der Waals surface area (Å²) in [6.07, 6.45) is 3.77. The molecule has 1 aromatic heterocycles. The van der Waals surface area contributed by atoms with Gasteiger partial charge in [-0.2, -0.15) is 0 Å². The smallest absolute Gasteiger partial charge is 0.274 e. The van der Waals surface area contributed by atoms with Crippen molar-refractivity contribution in [2.24, 2.45) is 24.6 Å². The largest absolute Gasteiger partial charge is 0.380 e. The standard InChI is InChI=1S/C20H22ClFN4O3/c1-26-9-24-16(10-4-11-7-20(29,19(23)28)8-12(11)5-10)17(26)18(27)25-13-2-3-15(22)14(21)6-13/h2-3,6,9-12,29H,4-5,7-8H2,1H3,(H2,23,28)(H,25,27). The number of nitrogens with one attached hydrogen (secondary N) is 1. The molecule has 29 heavy (non-hydrogen) atoms. The van der Waals surface area contributed by atoms with Gasteiger partial charge in [0.05, 0.1) is 17.0 Å². The fraction of sp³-hybridized carbons (Fsp3) is 0.450. The van der Waals surface area contributed by atoms with E-state index in [9.17, 15) is 19.1 Å². The highest BCUT2D eigenvalue weighted by atomic mass is 35.5. The molecule has 1 aromatic carbocycles. The van der Waals surface area contributed by atoms with Gasteiger partial charge < -0.3 is 20.7 Å². The van der Waals surface area contributed by atoms with Crippen molar-refractivity contribution in [2.75, 3.05) is 5.32 Å². The monoisotopic (exact) mass is 420 g/mol. The molecule has 2 fully saturated rings. The number of nitrogens with two attached hydrogens (primary N) is 1. The van der Waals surface area contributed by atoms with Crippen molar-refractivity contribution in [3.05, 3.63) is 46.8 Å². The highest BCUT2D eigenvalue weighted by Crippen LogP contribution is 2.53. The van der Waals surface area contributed by atoms with Crippen LogP contribution in [0.15, 0.2) is 24.5 Å². The number of imidazole rings is 1. The molecule has 0 aliphatic heterocycles. The number of carbonyl (C=O) groups is 2. The summed E-state index contributed by atoms with van der Waals surface area (Å²) >= 11 is 5.79. The van der Waals surface area contributed by atoms with E-state index in [1.54, 1.807) is 17.9 Å². The molecule has 0 spiro atoms. The fourth-order valence-electron chi connectivity index (χ4n) is 4.88. The minimum atomic E-state index is -1.42. The molecule has 2 atom stereocenters. The van der Waals surface area contributed by atoms with Crippen molar-refractivity contribution in [1.82, 2.24) is 9.55 Å². The maximum atomic E-state index is 13.4. The van der Waals surface area contributed by atoms with Gasteiger partial charge in [-0.1, -0.05) is 11.6 Å². The summed E-state index contributed by atoms with van der Waals surface area (Å²) in [7, 11) is 1.74. The van der Waals surface area contributed by atoms with E-state index < -0.39 is 17.3 Å². The summed E-state index contributed by atoms with van der Waals surface area (Å²) in [4.78, 5) is 28.9. The van der Waals surface area contributed by atoms with Gasteiger partial charge >= 0.3 is 0 Å². The first-order valence-electron chi connectivity index (χ1n) is 9.48. The summed E-state index contributed by atoms with van der Waals surface area (Å²) in [5.41, 5.74) is 5.44. The number of rotatable bonds is 4. The SMILES string of the molecule is Cn1cnc(C2CC3CC(O)(C(N)=O)CC3C2)c1C(=O)Nc1ccc(F)c(Cl)c1. The van der Waals surface area contributed by atoms with Crippen LogP contribution >= 0.6 is 11.6 Å². The summed E-state index contributed by atoms with van der Waals surface area (Å²) in [6, 6.07) is 4.00. The minimum absolute atomic E-state index is 0.0567. The zero-order valence-corrected chi connectivity index (χ0v) is 16.6. The number of aromatic nitrogens is 2. The Kier molecular flexibility index (Phi) is 4.86. The Morgan fingerprint density at radius 2 is 2.00 bits per heavy atom. The molecular weight excluding hydrogens is 399 g/mol. The Bertz CT molecular complexity index is 978. The molecule has 2 aromatic rings. The van der Waals surface area contributed by atoms with E-state index in [0.717, 1.165) is 12.8 Å². The van der Waals surface area contributed by atoms with Gasteiger partial charge in [0, 0.05) is 18.7 Å². The van der Waals surface area contributed by atoms with E-state index in [1.165, 1.54) is 18.2 Å². The Hall–Kier alpha value is -2.45. The third-order valence-corrected chi connectivity index (χ3v) is 6.53. The predicted octanol–water partition coefficient (Wildman–Crippen LogP) is 2.58. The van der Waals surface area contributed by atoms with E-state index in [4.69, 9.17) is 17.3 Å². The summed E-state index contributed by atoms with van der Waals surface area (Å²) in [5, 5.41) is 13.1. The molecule has 7 nitrogen and oxygen atoms in total. The summed E-state index contributed by atoms with van der Waals surface area (Å²) in [6.45, 7) is 0. The van der Waals surface area contributed by atoms with E-state index in [1.807, 2.05) is 0 Å². The number of fused-ring (bicyclic) bond motifs is 1. The van der Waals surface area contributed by atoms with Crippen molar-refractivity contribution < 1.29 is 19.1 Å². The molecular formula is C20H22ClFN4O3. The van der Waals surface area contributed by atoms with Gasteiger partial charge in [-0.15, -0.1) is 0 Å². The normalized spacial score (nSPS) is 28.3. The van der Waals surface area contributed by atoms with Crippen LogP contribution in [0.5, 0.6) is 0 Å². The van der Waals surface area contributed by atoms with Gasteiger partial charge in [-0.25, -0.2) is 9.37 Å². The Labute approximate surface area is 172 Å². The van der Waals surface area contributed by atoms with Crippen molar-refractivity contribution in [3.63, 3.8) is 0 Å². The van der Waals surface area contributed by atoms with Crippen LogP contribution in [0.2, 0.25) is 5.02 Å². The zero-order chi connectivity index (χ0) is 20.9. The number of halogens is 2. The number of carbonyl (C=O) groups excluding carboxylic acids is 2. The van der Waals surface area contributed by atoms with Gasteiger partial charge in [0.15, 0.2) is 0 Å². The Morgan fingerprint density at radius 3 is 2.59 bits per heavy atom. The summed E-state index contributed by atoms with van der Waals surface area (Å²) < 4.78 is 15.0. The molecule has 2 aliphatic rings.